The van der Waals surface area contributed by atoms with Crippen molar-refractivity contribution in [2.24, 2.45) is 5.41 Å². The van der Waals surface area contributed by atoms with Crippen LogP contribution in [0, 0.1) is 12.3 Å². The number of aromatic amines is 1. The number of aromatic hydroxyl groups is 1. The van der Waals surface area contributed by atoms with E-state index in [-0.39, 0.29) is 60.4 Å². The van der Waals surface area contributed by atoms with E-state index in [9.17, 15) is 24.6 Å². The first-order chi connectivity index (χ1) is 26.7. The molecule has 4 fully saturated rings. The average Bonchev–Trinajstić information content (AvgIpc) is 3.87. The van der Waals surface area contributed by atoms with Crippen molar-refractivity contribution in [3.8, 4) is 27.4 Å². The monoisotopic (exact) mass is 776 g/mol. The molecule has 4 aliphatic rings. The lowest BCUT2D eigenvalue weighted by atomic mass is 9.38. The predicted molar refractivity (Wildman–Crippen MR) is 214 cm³/mol. The number of β-amino-alcohol motifs (C(OH)–C–C–N with tert-alkyl or cyclic N) is 1. The zero-order chi connectivity index (χ0) is 39.4. The van der Waals surface area contributed by atoms with Crippen molar-refractivity contribution in [2.75, 3.05) is 13.1 Å². The molecule has 5 aromatic rings. The van der Waals surface area contributed by atoms with Gasteiger partial charge >= 0.3 is 0 Å². The highest BCUT2D eigenvalue weighted by Crippen LogP contribution is 2.67. The van der Waals surface area contributed by atoms with E-state index in [2.05, 4.69) is 42.2 Å². The van der Waals surface area contributed by atoms with Crippen molar-refractivity contribution in [3.63, 3.8) is 0 Å². The van der Waals surface area contributed by atoms with Crippen LogP contribution in [0.1, 0.15) is 69.8 Å². The molecule has 0 unspecified atom stereocenters. The molecule has 14 heteroatoms. The summed E-state index contributed by atoms with van der Waals surface area (Å²) in [5.74, 6) is -0.805. The molecule has 1 saturated heterocycles. The molecule has 4 heterocycles. The molecule has 3 saturated carbocycles. The summed E-state index contributed by atoms with van der Waals surface area (Å²) in [5, 5.41) is 40.0. The summed E-state index contributed by atoms with van der Waals surface area (Å²) in [5.41, 5.74) is 7.23. The van der Waals surface area contributed by atoms with Crippen molar-refractivity contribution in [1.29, 1.82) is 0 Å². The molecule has 3 aromatic heterocycles. The Balaban J connectivity index is 0.830. The number of H-pyrrole nitrogens is 1. The number of hydrogen-bond donors (Lipinski definition) is 6. The SMILES string of the molecule is Cc1ncsc1-c1ccc(CNC(=O)[C@@H]2C[C@@H](O)CN2C(=O)[C@@H](NC(=O)CCNC23CC(c4cc5cc(-c6ccccc6O)nnc5[nH]4)(C2)C3)C(C)(C)C)cc1. The lowest BCUT2D eigenvalue weighted by molar-refractivity contribution is -0.144. The normalized spacial score (nSPS) is 23.3. The molecule has 3 aliphatic carbocycles. The number of para-hydroxylation sites is 1. The number of phenolic OH excluding ortho intramolecular Hbond substituents is 1. The van der Waals surface area contributed by atoms with Crippen molar-refractivity contribution < 1.29 is 24.6 Å². The average molecular weight is 777 g/mol. The lowest BCUT2D eigenvalue weighted by Gasteiger charge is -2.70. The summed E-state index contributed by atoms with van der Waals surface area (Å²) in [6, 6.07) is 17.4. The van der Waals surface area contributed by atoms with Gasteiger partial charge in [0.15, 0.2) is 5.65 Å². The number of aliphatic hydroxyl groups is 1. The van der Waals surface area contributed by atoms with Gasteiger partial charge in [0.25, 0.3) is 0 Å². The van der Waals surface area contributed by atoms with Crippen molar-refractivity contribution in [2.45, 2.75) is 95.5 Å². The number of aliphatic hydroxyl groups excluding tert-OH is 1. The molecule has 13 nitrogen and oxygen atoms in total. The second-order valence-corrected chi connectivity index (χ2v) is 17.8. The number of nitrogens with one attached hydrogen (secondary N) is 4. The second-order valence-electron chi connectivity index (χ2n) is 16.9. The van der Waals surface area contributed by atoms with Crippen LogP contribution in [0.3, 0.4) is 0 Å². The maximum atomic E-state index is 14.1. The van der Waals surface area contributed by atoms with E-state index in [1.165, 1.54) is 4.90 Å². The summed E-state index contributed by atoms with van der Waals surface area (Å²) in [7, 11) is 0. The van der Waals surface area contributed by atoms with Gasteiger partial charge in [0.05, 0.1) is 27.9 Å². The summed E-state index contributed by atoms with van der Waals surface area (Å²) >= 11 is 1.58. The minimum Gasteiger partial charge on any atom is -0.507 e. The number of benzene rings is 2. The van der Waals surface area contributed by atoms with E-state index in [0.717, 1.165) is 52.0 Å². The van der Waals surface area contributed by atoms with Gasteiger partial charge in [-0.2, -0.15) is 0 Å². The number of phenols is 1. The Kier molecular flexibility index (Phi) is 9.70. The van der Waals surface area contributed by atoms with Crippen LogP contribution >= 0.6 is 11.3 Å². The van der Waals surface area contributed by atoms with E-state index in [1.807, 2.05) is 75.7 Å². The molecule has 0 spiro atoms. The molecule has 9 rings (SSSR count). The highest BCUT2D eigenvalue weighted by atomic mass is 32.1. The fourth-order valence-corrected chi connectivity index (χ4v) is 9.57. The molecule has 6 N–H and O–H groups in total. The minimum atomic E-state index is -0.881. The van der Waals surface area contributed by atoms with Crippen LogP contribution in [0.15, 0.2) is 66.2 Å². The van der Waals surface area contributed by atoms with Gasteiger partial charge in [0.2, 0.25) is 17.7 Å². The highest BCUT2D eigenvalue weighted by molar-refractivity contribution is 7.13. The van der Waals surface area contributed by atoms with E-state index in [4.69, 9.17) is 0 Å². The van der Waals surface area contributed by atoms with Crippen LogP contribution in [-0.4, -0.2) is 89.8 Å². The Labute approximate surface area is 329 Å². The maximum Gasteiger partial charge on any atom is 0.246 e. The van der Waals surface area contributed by atoms with Crippen LogP contribution in [0.25, 0.3) is 32.7 Å². The van der Waals surface area contributed by atoms with Gasteiger partial charge in [-0.15, -0.1) is 21.5 Å². The maximum absolute atomic E-state index is 14.1. The van der Waals surface area contributed by atoms with Gasteiger partial charge in [0.1, 0.15) is 17.8 Å². The number of rotatable bonds is 12. The molecule has 2 bridgehead atoms. The number of thiazole rings is 1. The van der Waals surface area contributed by atoms with Gasteiger partial charge in [-0.3, -0.25) is 14.4 Å². The number of nitrogens with zero attached hydrogens (tertiary/aromatic N) is 4. The zero-order valence-corrected chi connectivity index (χ0v) is 32.9. The Morgan fingerprint density at radius 3 is 2.50 bits per heavy atom. The van der Waals surface area contributed by atoms with Crippen LogP contribution in [0.2, 0.25) is 0 Å². The Morgan fingerprint density at radius 1 is 1.05 bits per heavy atom. The van der Waals surface area contributed by atoms with E-state index >= 15 is 0 Å². The number of aromatic nitrogens is 4. The van der Waals surface area contributed by atoms with E-state index in [0.29, 0.717) is 23.4 Å². The van der Waals surface area contributed by atoms with Gasteiger partial charge in [0, 0.05) is 60.1 Å². The fraction of sp³-hybridized carbons (Fsp3) is 0.429. The minimum absolute atomic E-state index is 0.0226. The number of fused-ring (bicyclic) bond motifs is 1. The number of amides is 3. The highest BCUT2D eigenvalue weighted by Gasteiger charge is 2.68. The van der Waals surface area contributed by atoms with Crippen LogP contribution in [0.5, 0.6) is 5.75 Å². The number of carbonyl (C=O) groups excluding carboxylic acids is 3. The Morgan fingerprint density at radius 2 is 1.80 bits per heavy atom. The van der Waals surface area contributed by atoms with E-state index < -0.39 is 23.6 Å². The van der Waals surface area contributed by atoms with Crippen LogP contribution in [0.4, 0.5) is 0 Å². The summed E-state index contributed by atoms with van der Waals surface area (Å²) in [4.78, 5) is 51.1. The lowest BCUT2D eigenvalue weighted by Crippen LogP contribution is -2.76. The molecule has 292 valence electrons. The molecule has 3 amide bonds. The van der Waals surface area contributed by atoms with Crippen molar-refractivity contribution in [3.05, 3.63) is 83.1 Å². The molecular formula is C42H48N8O5S. The predicted octanol–water partition coefficient (Wildman–Crippen LogP) is 4.73. The van der Waals surface area contributed by atoms with Gasteiger partial charge < -0.3 is 36.0 Å². The number of likely N-dealkylation sites (tertiary alicyclic amines) is 1. The van der Waals surface area contributed by atoms with Crippen LogP contribution in [-0.2, 0) is 26.3 Å². The Hall–Kier alpha value is -5.18. The third-order valence-electron chi connectivity index (χ3n) is 11.7. The third kappa shape index (κ3) is 7.17. The standard InChI is InChI=1S/C42H48N8O5S/c1-24-35(56-23-44-24)26-11-9-25(10-12-26)18-43-38(54)31-17-28(51)19-50(31)39(55)36(40(2,3)4)47-34(53)13-14-45-42-20-41(21-42,22-42)33-16-27-15-30(48-49-37(27)46-33)29-7-5-6-8-32(29)52/h5-12,15-16,23,28,31,36,45,51-52H,13-14,17-22H2,1-4H3,(H,43,54)(H,46,49)(H,47,53)/t28-,31+,36-,41?,42?/m1/s1. The third-order valence-corrected chi connectivity index (χ3v) is 12.7. The summed E-state index contributed by atoms with van der Waals surface area (Å²) in [6.07, 6.45) is 2.30. The van der Waals surface area contributed by atoms with Crippen molar-refractivity contribution >= 4 is 40.1 Å². The summed E-state index contributed by atoms with van der Waals surface area (Å²) < 4.78 is 0. The largest absolute Gasteiger partial charge is 0.507 e. The van der Waals surface area contributed by atoms with Crippen molar-refractivity contribution in [1.82, 2.24) is 41.0 Å². The van der Waals surface area contributed by atoms with Gasteiger partial charge in [-0.25, -0.2) is 4.98 Å². The van der Waals surface area contributed by atoms with Crippen LogP contribution < -0.4 is 16.0 Å². The first kappa shape index (κ1) is 37.7. The number of hydrogen-bond acceptors (Lipinski definition) is 10. The topological polar surface area (TPSA) is 185 Å². The molecule has 56 heavy (non-hydrogen) atoms. The van der Waals surface area contributed by atoms with Gasteiger partial charge in [-0.05, 0) is 67.0 Å². The summed E-state index contributed by atoms with van der Waals surface area (Å²) in [6.45, 7) is 8.40. The van der Waals surface area contributed by atoms with Gasteiger partial charge in [-0.1, -0.05) is 57.2 Å². The molecule has 3 atom stereocenters. The molecule has 1 aliphatic heterocycles. The quantitative estimate of drug-likeness (QED) is 0.104. The smallest absolute Gasteiger partial charge is 0.246 e. The second kappa shape index (κ2) is 14.4. The Bertz CT molecular complexity index is 2280. The first-order valence-electron chi connectivity index (χ1n) is 19.2. The van der Waals surface area contributed by atoms with E-state index in [1.54, 1.807) is 23.5 Å². The number of aryl methyl sites for hydroxylation is 1. The molecule has 0 radical (unpaired) electrons. The first-order valence-corrected chi connectivity index (χ1v) is 20.1. The zero-order valence-electron chi connectivity index (χ0n) is 32.1. The molecular weight excluding hydrogens is 729 g/mol. The fourth-order valence-electron chi connectivity index (χ4n) is 8.76. The number of carbonyl (C=O) groups is 3. The molecule has 2 aromatic carbocycles.